The fraction of sp³-hybridized carbons (Fsp3) is 0.125. The minimum Gasteiger partial charge on any atom is -0.434 e. The second-order valence-corrected chi connectivity index (χ2v) is 8.15. The first-order chi connectivity index (χ1) is 17.2. The number of hydrogen-bond acceptors (Lipinski definition) is 6. The summed E-state index contributed by atoms with van der Waals surface area (Å²) < 4.78 is 34.6. The monoisotopic (exact) mass is 494 g/mol. The number of nitrogens with zero attached hydrogens (tertiary/aromatic N) is 3. The third-order valence-corrected chi connectivity index (χ3v) is 5.14. The van der Waals surface area contributed by atoms with Crippen molar-refractivity contribution in [3.63, 3.8) is 0 Å². The second kappa shape index (κ2) is 9.78. The summed E-state index contributed by atoms with van der Waals surface area (Å²) in [7, 11) is 0. The summed E-state index contributed by atoms with van der Waals surface area (Å²) in [4.78, 5) is 40.0. The predicted octanol–water partition coefficient (Wildman–Crippen LogP) is 3.97. The molecule has 10 nitrogen and oxygen atoms in total. The highest BCUT2D eigenvalue weighted by atomic mass is 19.1. The van der Waals surface area contributed by atoms with Crippen LogP contribution in [0.25, 0.3) is 5.65 Å². The number of carbonyl (C=O) groups excluding carboxylic acids is 3. The standard InChI is InChI=1S/C24H20F2N6O4/c1-24(2,22(34)28-15-5-3-14(25)4-6-15)23(35)29-16-7-8-18(17(26)11-16)36-21-10-9-20-30-19(27-13-33)12-32(20)31-21/h3-13H,1-2H3,(H,27,33)(H,28,34)(H,29,35). The average molecular weight is 494 g/mol. The van der Waals surface area contributed by atoms with Gasteiger partial charge in [-0.15, -0.1) is 5.10 Å². The summed E-state index contributed by atoms with van der Waals surface area (Å²) in [6, 6.07) is 11.9. The molecule has 4 rings (SSSR count). The van der Waals surface area contributed by atoms with Gasteiger partial charge in [-0.1, -0.05) is 0 Å². The molecule has 0 spiro atoms. The van der Waals surface area contributed by atoms with Crippen LogP contribution in [0.5, 0.6) is 11.6 Å². The van der Waals surface area contributed by atoms with Crippen LogP contribution in [0, 0.1) is 17.0 Å². The predicted molar refractivity (Wildman–Crippen MR) is 127 cm³/mol. The molecule has 0 radical (unpaired) electrons. The van der Waals surface area contributed by atoms with Crippen molar-refractivity contribution in [2.45, 2.75) is 13.8 Å². The maximum absolute atomic E-state index is 14.7. The Morgan fingerprint density at radius 1 is 0.972 bits per heavy atom. The molecule has 0 fully saturated rings. The third kappa shape index (κ3) is 5.27. The van der Waals surface area contributed by atoms with E-state index < -0.39 is 28.9 Å². The van der Waals surface area contributed by atoms with Gasteiger partial charge in [0, 0.05) is 23.5 Å². The first-order valence-electron chi connectivity index (χ1n) is 10.6. The largest absolute Gasteiger partial charge is 0.434 e. The lowest BCUT2D eigenvalue weighted by atomic mass is 9.90. The van der Waals surface area contributed by atoms with E-state index in [9.17, 15) is 23.2 Å². The maximum Gasteiger partial charge on any atom is 0.239 e. The lowest BCUT2D eigenvalue weighted by Crippen LogP contribution is -2.41. The molecule has 4 aromatic rings. The van der Waals surface area contributed by atoms with E-state index in [0.29, 0.717) is 17.7 Å². The molecule has 0 atom stereocenters. The Bertz CT molecular complexity index is 1450. The average Bonchev–Trinajstić information content (AvgIpc) is 3.24. The van der Waals surface area contributed by atoms with Gasteiger partial charge in [-0.05, 0) is 56.3 Å². The number of hydrogen-bond donors (Lipinski definition) is 3. The number of amides is 3. The van der Waals surface area contributed by atoms with E-state index in [2.05, 4.69) is 26.0 Å². The molecule has 2 aromatic carbocycles. The number of aromatic nitrogens is 3. The number of anilines is 3. The summed E-state index contributed by atoms with van der Waals surface area (Å²) in [6.45, 7) is 2.81. The Kier molecular flexibility index (Phi) is 6.59. The van der Waals surface area contributed by atoms with Gasteiger partial charge in [0.05, 0.1) is 6.20 Å². The summed E-state index contributed by atoms with van der Waals surface area (Å²) >= 11 is 0. The van der Waals surface area contributed by atoms with Gasteiger partial charge in [0.1, 0.15) is 11.2 Å². The summed E-state index contributed by atoms with van der Waals surface area (Å²) in [5.74, 6) is -2.35. The lowest BCUT2D eigenvalue weighted by molar-refractivity contribution is -0.135. The highest BCUT2D eigenvalue weighted by Crippen LogP contribution is 2.28. The molecule has 3 N–H and O–H groups in total. The number of fused-ring (bicyclic) bond motifs is 1. The van der Waals surface area contributed by atoms with E-state index in [1.165, 1.54) is 67.0 Å². The van der Waals surface area contributed by atoms with Crippen molar-refractivity contribution in [3.05, 3.63) is 72.4 Å². The summed E-state index contributed by atoms with van der Waals surface area (Å²) in [5.41, 5.74) is -0.651. The van der Waals surface area contributed by atoms with E-state index in [4.69, 9.17) is 4.74 Å². The molecule has 0 aliphatic rings. The molecule has 0 saturated carbocycles. The Labute approximate surface area is 203 Å². The molecule has 0 aliphatic heterocycles. The van der Waals surface area contributed by atoms with Gasteiger partial charge < -0.3 is 20.7 Å². The smallest absolute Gasteiger partial charge is 0.239 e. The molecular formula is C24H20F2N6O4. The zero-order valence-corrected chi connectivity index (χ0v) is 19.1. The fourth-order valence-electron chi connectivity index (χ4n) is 3.03. The molecule has 0 unspecified atom stereocenters. The van der Waals surface area contributed by atoms with Crippen molar-refractivity contribution in [1.29, 1.82) is 0 Å². The van der Waals surface area contributed by atoms with Crippen molar-refractivity contribution < 1.29 is 27.9 Å². The molecule has 3 amide bonds. The molecule has 184 valence electrons. The first kappa shape index (κ1) is 24.3. The number of imidazole rings is 1. The van der Waals surface area contributed by atoms with E-state index in [0.717, 1.165) is 6.07 Å². The van der Waals surface area contributed by atoms with Crippen molar-refractivity contribution in [1.82, 2.24) is 14.6 Å². The van der Waals surface area contributed by atoms with Crippen molar-refractivity contribution >= 4 is 41.1 Å². The Morgan fingerprint density at radius 2 is 1.64 bits per heavy atom. The maximum atomic E-state index is 14.7. The van der Waals surface area contributed by atoms with Gasteiger partial charge in [-0.3, -0.25) is 14.4 Å². The molecule has 12 heteroatoms. The quantitative estimate of drug-likeness (QED) is 0.251. The molecule has 0 aliphatic carbocycles. The second-order valence-electron chi connectivity index (χ2n) is 8.15. The van der Waals surface area contributed by atoms with Crippen LogP contribution in [0.15, 0.2) is 60.8 Å². The molecule has 2 heterocycles. The van der Waals surface area contributed by atoms with Crippen LogP contribution < -0.4 is 20.7 Å². The van der Waals surface area contributed by atoms with Crippen LogP contribution in [0.4, 0.5) is 26.0 Å². The zero-order chi connectivity index (χ0) is 25.9. The van der Waals surface area contributed by atoms with Crippen LogP contribution in [0.1, 0.15) is 13.8 Å². The third-order valence-electron chi connectivity index (χ3n) is 5.14. The van der Waals surface area contributed by atoms with Crippen LogP contribution in [-0.4, -0.2) is 32.8 Å². The highest BCUT2D eigenvalue weighted by molar-refractivity contribution is 6.14. The van der Waals surface area contributed by atoms with Crippen LogP contribution >= 0.6 is 0 Å². The zero-order valence-electron chi connectivity index (χ0n) is 19.1. The van der Waals surface area contributed by atoms with Gasteiger partial charge in [-0.25, -0.2) is 18.3 Å². The highest BCUT2D eigenvalue weighted by Gasteiger charge is 2.36. The topological polar surface area (TPSA) is 127 Å². The van der Waals surface area contributed by atoms with E-state index in [1.807, 2.05) is 0 Å². The lowest BCUT2D eigenvalue weighted by Gasteiger charge is -2.23. The summed E-state index contributed by atoms with van der Waals surface area (Å²) in [5, 5.41) is 11.6. The minimum absolute atomic E-state index is 0.0619. The molecule has 36 heavy (non-hydrogen) atoms. The van der Waals surface area contributed by atoms with E-state index >= 15 is 0 Å². The van der Waals surface area contributed by atoms with Gasteiger partial charge in [-0.2, -0.15) is 0 Å². The van der Waals surface area contributed by atoms with Crippen LogP contribution in [0.3, 0.4) is 0 Å². The van der Waals surface area contributed by atoms with Gasteiger partial charge in [0.15, 0.2) is 23.0 Å². The Balaban J connectivity index is 1.43. The van der Waals surface area contributed by atoms with Gasteiger partial charge in [0.2, 0.25) is 24.1 Å². The number of halogens is 2. The number of carbonyl (C=O) groups is 3. The minimum atomic E-state index is -1.53. The van der Waals surface area contributed by atoms with Gasteiger partial charge in [0.25, 0.3) is 0 Å². The molecule has 0 saturated heterocycles. The molecule has 2 aromatic heterocycles. The number of benzene rings is 2. The van der Waals surface area contributed by atoms with Crippen molar-refractivity contribution in [3.8, 4) is 11.6 Å². The first-order valence-corrected chi connectivity index (χ1v) is 10.6. The SMILES string of the molecule is CC(C)(C(=O)Nc1ccc(F)cc1)C(=O)Nc1ccc(Oc2ccc3nc(NC=O)cn3n2)c(F)c1. The van der Waals surface area contributed by atoms with Crippen LogP contribution in [0.2, 0.25) is 0 Å². The summed E-state index contributed by atoms with van der Waals surface area (Å²) in [6.07, 6.45) is 1.94. The molecule has 0 bridgehead atoms. The normalized spacial score (nSPS) is 11.1. The van der Waals surface area contributed by atoms with Crippen molar-refractivity contribution in [2.75, 3.05) is 16.0 Å². The number of rotatable bonds is 8. The van der Waals surface area contributed by atoms with Crippen molar-refractivity contribution in [2.24, 2.45) is 5.41 Å². The van der Waals surface area contributed by atoms with Crippen LogP contribution in [-0.2, 0) is 14.4 Å². The Hall–Kier alpha value is -4.87. The molecular weight excluding hydrogens is 474 g/mol. The van der Waals surface area contributed by atoms with E-state index in [-0.39, 0.29) is 23.1 Å². The van der Waals surface area contributed by atoms with E-state index in [1.54, 1.807) is 6.07 Å². The van der Waals surface area contributed by atoms with Gasteiger partial charge >= 0.3 is 0 Å². The Morgan fingerprint density at radius 3 is 2.31 bits per heavy atom. The number of ether oxygens (including phenoxy) is 1. The fourth-order valence-corrected chi connectivity index (χ4v) is 3.03. The number of nitrogens with one attached hydrogen (secondary N) is 3.